The van der Waals surface area contributed by atoms with Gasteiger partial charge in [0.15, 0.2) is 5.16 Å². The number of fused-ring (bicyclic) bond motifs is 1. The molecule has 0 aliphatic rings. The zero-order valence-corrected chi connectivity index (χ0v) is 17.3. The lowest BCUT2D eigenvalue weighted by Gasteiger charge is -2.21. The maximum absolute atomic E-state index is 12.0. The summed E-state index contributed by atoms with van der Waals surface area (Å²) in [5, 5.41) is 4.82. The molecule has 0 radical (unpaired) electrons. The van der Waals surface area contributed by atoms with Gasteiger partial charge in [0.2, 0.25) is 0 Å². The van der Waals surface area contributed by atoms with Crippen molar-refractivity contribution in [3.05, 3.63) is 54.1 Å². The lowest BCUT2D eigenvalue weighted by molar-refractivity contribution is -0.118. The number of imidazole rings is 1. The molecule has 0 saturated carbocycles. The second-order valence-electron chi connectivity index (χ2n) is 7.31. The largest absolute Gasteiger partial charge is 0.488 e. The Morgan fingerprint density at radius 3 is 2.61 bits per heavy atom. The summed E-state index contributed by atoms with van der Waals surface area (Å²) in [6.45, 7) is 6.01. The van der Waals surface area contributed by atoms with Gasteiger partial charge in [0.05, 0.1) is 23.0 Å². The van der Waals surface area contributed by atoms with Gasteiger partial charge in [0.25, 0.3) is 5.91 Å². The quantitative estimate of drug-likeness (QED) is 0.389. The first kappa shape index (κ1) is 19.9. The van der Waals surface area contributed by atoms with Crippen LogP contribution in [-0.2, 0) is 11.8 Å². The number of hydrazone groups is 1. The van der Waals surface area contributed by atoms with Crippen molar-refractivity contribution < 1.29 is 9.53 Å². The highest BCUT2D eigenvalue weighted by Gasteiger charge is 2.11. The highest BCUT2D eigenvalue weighted by atomic mass is 32.2. The monoisotopic (exact) mass is 396 g/mol. The summed E-state index contributed by atoms with van der Waals surface area (Å²) in [4.78, 5) is 16.6. The van der Waals surface area contributed by atoms with Gasteiger partial charge in [-0.3, -0.25) is 4.79 Å². The smallest absolute Gasteiger partial charge is 0.250 e. The number of thioether (sulfide) groups is 1. The molecule has 0 spiro atoms. The molecule has 7 heteroatoms. The number of aryl methyl sites for hydroxylation is 1. The predicted octanol–water partition coefficient (Wildman–Crippen LogP) is 3.99. The molecule has 146 valence electrons. The highest BCUT2D eigenvalue weighted by molar-refractivity contribution is 7.99. The zero-order chi connectivity index (χ0) is 20.1. The Bertz CT molecular complexity index is 988. The van der Waals surface area contributed by atoms with E-state index in [1.54, 1.807) is 6.21 Å². The third kappa shape index (κ3) is 5.36. The van der Waals surface area contributed by atoms with Crippen LogP contribution >= 0.6 is 11.8 Å². The van der Waals surface area contributed by atoms with Crippen molar-refractivity contribution in [3.63, 3.8) is 0 Å². The summed E-state index contributed by atoms with van der Waals surface area (Å²) in [6, 6.07) is 15.5. The van der Waals surface area contributed by atoms with Crippen molar-refractivity contribution >= 4 is 34.9 Å². The van der Waals surface area contributed by atoms with Crippen LogP contribution in [-0.4, -0.2) is 33.0 Å². The van der Waals surface area contributed by atoms with Crippen molar-refractivity contribution in [2.24, 2.45) is 12.1 Å². The number of para-hydroxylation sites is 2. The Morgan fingerprint density at radius 1 is 1.21 bits per heavy atom. The Morgan fingerprint density at radius 2 is 1.93 bits per heavy atom. The van der Waals surface area contributed by atoms with E-state index in [1.165, 1.54) is 11.8 Å². The van der Waals surface area contributed by atoms with Gasteiger partial charge in [-0.15, -0.1) is 0 Å². The van der Waals surface area contributed by atoms with Crippen LogP contribution in [0.15, 0.2) is 58.8 Å². The minimum absolute atomic E-state index is 0.180. The van der Waals surface area contributed by atoms with E-state index in [1.807, 2.05) is 80.9 Å². The number of benzene rings is 2. The maximum Gasteiger partial charge on any atom is 0.250 e. The van der Waals surface area contributed by atoms with E-state index in [4.69, 9.17) is 4.74 Å². The van der Waals surface area contributed by atoms with Crippen LogP contribution < -0.4 is 10.2 Å². The molecule has 3 rings (SSSR count). The zero-order valence-electron chi connectivity index (χ0n) is 16.5. The van der Waals surface area contributed by atoms with Crippen molar-refractivity contribution in [1.82, 2.24) is 15.0 Å². The second-order valence-corrected chi connectivity index (χ2v) is 8.25. The van der Waals surface area contributed by atoms with Gasteiger partial charge in [0, 0.05) is 7.05 Å². The summed E-state index contributed by atoms with van der Waals surface area (Å²) < 4.78 is 7.76. The van der Waals surface area contributed by atoms with Crippen LogP contribution in [0.3, 0.4) is 0 Å². The van der Waals surface area contributed by atoms with Gasteiger partial charge < -0.3 is 9.30 Å². The first-order chi connectivity index (χ1) is 13.3. The van der Waals surface area contributed by atoms with Crippen LogP contribution in [0.2, 0.25) is 0 Å². The third-order valence-corrected chi connectivity index (χ3v) is 4.82. The minimum Gasteiger partial charge on any atom is -0.488 e. The Balaban J connectivity index is 1.50. The van der Waals surface area contributed by atoms with Gasteiger partial charge in [0.1, 0.15) is 11.4 Å². The molecule has 3 aromatic rings. The average Bonchev–Trinajstić information content (AvgIpc) is 2.96. The first-order valence-electron chi connectivity index (χ1n) is 8.97. The van der Waals surface area contributed by atoms with E-state index >= 15 is 0 Å². The van der Waals surface area contributed by atoms with Crippen molar-refractivity contribution in [1.29, 1.82) is 0 Å². The second kappa shape index (κ2) is 8.48. The SMILES string of the molecule is Cn1c(SCC(=O)N/N=C\c2ccc(OC(C)(C)C)cc2)nc2ccccc21. The van der Waals surface area contributed by atoms with Gasteiger partial charge in [-0.25, -0.2) is 10.4 Å². The Hall–Kier alpha value is -2.80. The molecule has 1 N–H and O–H groups in total. The number of hydrogen-bond acceptors (Lipinski definition) is 5. The molecular formula is C21H24N4O2S. The molecule has 2 aromatic carbocycles. The summed E-state index contributed by atoms with van der Waals surface area (Å²) in [5.41, 5.74) is 5.16. The summed E-state index contributed by atoms with van der Waals surface area (Å²) >= 11 is 1.38. The Labute approximate surface area is 169 Å². The molecule has 1 aromatic heterocycles. The number of hydrogen-bond donors (Lipinski definition) is 1. The number of rotatable bonds is 6. The number of carbonyl (C=O) groups is 1. The lowest BCUT2D eigenvalue weighted by Crippen LogP contribution is -2.22. The van der Waals surface area contributed by atoms with E-state index < -0.39 is 0 Å². The molecule has 0 saturated heterocycles. The maximum atomic E-state index is 12.0. The number of ether oxygens (including phenoxy) is 1. The fourth-order valence-electron chi connectivity index (χ4n) is 2.57. The summed E-state index contributed by atoms with van der Waals surface area (Å²) in [6.07, 6.45) is 1.61. The van der Waals surface area contributed by atoms with Crippen LogP contribution in [0, 0.1) is 0 Å². The molecule has 0 atom stereocenters. The van der Waals surface area contributed by atoms with E-state index in [9.17, 15) is 4.79 Å². The third-order valence-electron chi connectivity index (χ3n) is 3.79. The topological polar surface area (TPSA) is 68.5 Å². The number of aromatic nitrogens is 2. The van der Waals surface area contributed by atoms with E-state index in [-0.39, 0.29) is 17.3 Å². The van der Waals surface area contributed by atoms with Gasteiger partial charge in [-0.1, -0.05) is 23.9 Å². The minimum atomic E-state index is -0.236. The van der Waals surface area contributed by atoms with Crippen LogP contribution in [0.1, 0.15) is 26.3 Å². The predicted molar refractivity (Wildman–Crippen MR) is 114 cm³/mol. The Kier molecular flexibility index (Phi) is 6.04. The summed E-state index contributed by atoms with van der Waals surface area (Å²) in [5.74, 6) is 0.862. The highest BCUT2D eigenvalue weighted by Crippen LogP contribution is 2.22. The van der Waals surface area contributed by atoms with E-state index in [0.717, 1.165) is 27.5 Å². The number of nitrogens with one attached hydrogen (secondary N) is 1. The average molecular weight is 397 g/mol. The van der Waals surface area contributed by atoms with Crippen LogP contribution in [0.4, 0.5) is 0 Å². The molecule has 1 amide bonds. The number of nitrogens with zero attached hydrogens (tertiary/aromatic N) is 3. The van der Waals surface area contributed by atoms with Gasteiger partial charge >= 0.3 is 0 Å². The molecule has 0 aliphatic heterocycles. The van der Waals surface area contributed by atoms with Crippen LogP contribution in [0.5, 0.6) is 5.75 Å². The fourth-order valence-corrected chi connectivity index (χ4v) is 3.35. The molecule has 0 aliphatic carbocycles. The molecule has 0 bridgehead atoms. The molecule has 28 heavy (non-hydrogen) atoms. The first-order valence-corrected chi connectivity index (χ1v) is 9.96. The molecule has 0 unspecified atom stereocenters. The van der Waals surface area contributed by atoms with Gasteiger partial charge in [-0.05, 0) is 62.7 Å². The number of amides is 1. The number of carbonyl (C=O) groups excluding carboxylic acids is 1. The normalized spacial score (nSPS) is 11.9. The van der Waals surface area contributed by atoms with Gasteiger partial charge in [-0.2, -0.15) is 5.10 Å². The molecule has 1 heterocycles. The van der Waals surface area contributed by atoms with Crippen molar-refractivity contribution in [3.8, 4) is 5.75 Å². The molecular weight excluding hydrogens is 372 g/mol. The fraction of sp³-hybridized carbons (Fsp3) is 0.286. The lowest BCUT2D eigenvalue weighted by atomic mass is 10.2. The van der Waals surface area contributed by atoms with Crippen molar-refractivity contribution in [2.45, 2.75) is 31.5 Å². The summed E-state index contributed by atoms with van der Waals surface area (Å²) in [7, 11) is 1.95. The van der Waals surface area contributed by atoms with Crippen LogP contribution in [0.25, 0.3) is 11.0 Å². The van der Waals surface area contributed by atoms with E-state index in [0.29, 0.717) is 0 Å². The van der Waals surface area contributed by atoms with Crippen molar-refractivity contribution in [2.75, 3.05) is 5.75 Å². The standard InChI is InChI=1S/C21H24N4O2S/c1-21(2,3)27-16-11-9-15(10-12-16)13-22-24-19(26)14-28-20-23-17-7-5-6-8-18(17)25(20)4/h5-13H,14H2,1-4H3,(H,24,26)/b22-13-. The van der Waals surface area contributed by atoms with E-state index in [2.05, 4.69) is 15.5 Å². The molecule has 0 fully saturated rings. The molecule has 6 nitrogen and oxygen atoms in total.